The minimum Gasteiger partial charge on any atom is -0.325 e. The van der Waals surface area contributed by atoms with Gasteiger partial charge in [0.2, 0.25) is 15.9 Å². The Labute approximate surface area is 170 Å². The summed E-state index contributed by atoms with van der Waals surface area (Å²) in [6, 6.07) is 9.37. The van der Waals surface area contributed by atoms with Crippen LogP contribution in [0.1, 0.15) is 11.1 Å². The number of carbonyl (C=O) groups is 1. The van der Waals surface area contributed by atoms with Gasteiger partial charge < -0.3 is 5.32 Å². The zero-order valence-corrected chi connectivity index (χ0v) is 16.8. The van der Waals surface area contributed by atoms with Crippen molar-refractivity contribution in [2.45, 2.75) is 12.7 Å². The van der Waals surface area contributed by atoms with Gasteiger partial charge in [0.25, 0.3) is 0 Å². The average molecular weight is 455 g/mol. The number of carbonyl (C=O) groups excluding carboxylic acids is 1. The van der Waals surface area contributed by atoms with Gasteiger partial charge in [-0.05, 0) is 29.8 Å². The lowest BCUT2D eigenvalue weighted by molar-refractivity contribution is -0.137. The molecule has 0 aliphatic rings. The van der Waals surface area contributed by atoms with Crippen LogP contribution in [-0.4, -0.2) is 31.4 Å². The van der Waals surface area contributed by atoms with E-state index in [-0.39, 0.29) is 12.2 Å². The number of rotatable bonds is 6. The van der Waals surface area contributed by atoms with E-state index >= 15 is 0 Å². The Balaban J connectivity index is 2.18. The largest absolute Gasteiger partial charge is 0.417 e. The number of hydrogen-bond acceptors (Lipinski definition) is 3. The van der Waals surface area contributed by atoms with Crippen molar-refractivity contribution in [3.8, 4) is 0 Å². The van der Waals surface area contributed by atoms with Crippen LogP contribution < -0.4 is 5.32 Å². The number of nitrogens with zero attached hydrogens (tertiary/aromatic N) is 1. The molecule has 0 unspecified atom stereocenters. The van der Waals surface area contributed by atoms with Gasteiger partial charge in [-0.1, -0.05) is 41.4 Å². The Morgan fingerprint density at radius 3 is 2.32 bits per heavy atom. The van der Waals surface area contributed by atoms with Crippen molar-refractivity contribution in [1.29, 1.82) is 0 Å². The van der Waals surface area contributed by atoms with Crippen molar-refractivity contribution >= 4 is 44.8 Å². The van der Waals surface area contributed by atoms with Crippen LogP contribution in [0.15, 0.2) is 42.5 Å². The Hall–Kier alpha value is -1.81. The van der Waals surface area contributed by atoms with Crippen molar-refractivity contribution in [1.82, 2.24) is 4.31 Å². The van der Waals surface area contributed by atoms with E-state index in [2.05, 4.69) is 5.32 Å². The molecule has 152 valence electrons. The van der Waals surface area contributed by atoms with Crippen LogP contribution in [0.3, 0.4) is 0 Å². The molecular weight excluding hydrogens is 440 g/mol. The van der Waals surface area contributed by atoms with Crippen LogP contribution in [0, 0.1) is 0 Å². The van der Waals surface area contributed by atoms with Crippen LogP contribution in [0.25, 0.3) is 0 Å². The fourth-order valence-electron chi connectivity index (χ4n) is 2.29. The van der Waals surface area contributed by atoms with Gasteiger partial charge in [-0.2, -0.15) is 17.5 Å². The quantitative estimate of drug-likeness (QED) is 0.702. The summed E-state index contributed by atoms with van der Waals surface area (Å²) in [7, 11) is -3.79. The molecule has 11 heteroatoms. The molecule has 1 N–H and O–H groups in total. The fraction of sp³-hybridized carbons (Fsp3) is 0.235. The summed E-state index contributed by atoms with van der Waals surface area (Å²) in [5, 5.41) is 2.06. The summed E-state index contributed by atoms with van der Waals surface area (Å²) in [5.74, 6) is -0.812. The second-order valence-electron chi connectivity index (χ2n) is 5.86. The molecule has 28 heavy (non-hydrogen) atoms. The van der Waals surface area contributed by atoms with E-state index in [9.17, 15) is 26.4 Å². The summed E-state index contributed by atoms with van der Waals surface area (Å²) in [4.78, 5) is 12.2. The van der Waals surface area contributed by atoms with E-state index < -0.39 is 39.2 Å². The number of anilines is 1. The molecule has 0 atom stereocenters. The Kier molecular flexibility index (Phi) is 6.97. The number of benzene rings is 2. The summed E-state index contributed by atoms with van der Waals surface area (Å²) in [6.07, 6.45) is -3.78. The van der Waals surface area contributed by atoms with Gasteiger partial charge in [-0.25, -0.2) is 8.42 Å². The summed E-state index contributed by atoms with van der Waals surface area (Å²) in [6.45, 7) is -0.769. The van der Waals surface area contributed by atoms with Crippen molar-refractivity contribution < 1.29 is 26.4 Å². The minimum atomic E-state index is -4.69. The molecule has 5 nitrogen and oxygen atoms in total. The number of halogens is 5. The monoisotopic (exact) mass is 454 g/mol. The number of alkyl halides is 3. The second-order valence-corrected chi connectivity index (χ2v) is 8.66. The first-order valence-corrected chi connectivity index (χ1v) is 10.3. The normalized spacial score (nSPS) is 12.2. The lowest BCUT2D eigenvalue weighted by atomic mass is 10.2. The summed E-state index contributed by atoms with van der Waals surface area (Å²) in [5.41, 5.74) is -0.788. The zero-order chi connectivity index (χ0) is 21.1. The first-order chi connectivity index (χ1) is 12.9. The molecule has 0 heterocycles. The van der Waals surface area contributed by atoms with Crippen molar-refractivity contribution in [3.63, 3.8) is 0 Å². The molecule has 0 bridgehead atoms. The molecule has 0 aromatic heterocycles. The molecule has 0 saturated carbocycles. The maximum atomic E-state index is 12.9. The third kappa shape index (κ3) is 6.10. The standard InChI is InChI=1S/C17H15Cl2F3N2O3S/c1-28(26,27)24(9-11-4-2-3-5-14(11)18)10-16(25)23-12-6-7-15(19)13(8-12)17(20,21)22/h2-8H,9-10H2,1H3,(H,23,25). The van der Waals surface area contributed by atoms with E-state index in [0.717, 1.165) is 16.6 Å². The van der Waals surface area contributed by atoms with Crippen LogP contribution >= 0.6 is 23.2 Å². The Bertz CT molecular complexity index is 982. The Morgan fingerprint density at radius 2 is 1.75 bits per heavy atom. The predicted octanol–water partition coefficient (Wildman–Crippen LogP) is 4.41. The number of nitrogens with one attached hydrogen (secondary N) is 1. The Morgan fingerprint density at radius 1 is 1.11 bits per heavy atom. The molecule has 0 aliphatic carbocycles. The van der Waals surface area contributed by atoms with E-state index in [1.54, 1.807) is 24.3 Å². The van der Waals surface area contributed by atoms with Crippen LogP contribution in [0.5, 0.6) is 0 Å². The molecule has 0 spiro atoms. The number of amides is 1. The van der Waals surface area contributed by atoms with Gasteiger partial charge in [0.1, 0.15) is 0 Å². The van der Waals surface area contributed by atoms with Crippen LogP contribution in [-0.2, 0) is 27.5 Å². The van der Waals surface area contributed by atoms with Gasteiger partial charge >= 0.3 is 6.18 Å². The molecule has 0 saturated heterocycles. The lowest BCUT2D eigenvalue weighted by Crippen LogP contribution is -2.37. The SMILES string of the molecule is CS(=O)(=O)N(CC(=O)Nc1ccc(Cl)c(C(F)(F)F)c1)Cc1ccccc1Cl. The van der Waals surface area contributed by atoms with E-state index in [1.807, 2.05) is 0 Å². The highest BCUT2D eigenvalue weighted by atomic mass is 35.5. The second kappa shape index (κ2) is 8.69. The highest BCUT2D eigenvalue weighted by molar-refractivity contribution is 7.88. The van der Waals surface area contributed by atoms with Gasteiger partial charge in [-0.3, -0.25) is 4.79 Å². The fourth-order valence-corrected chi connectivity index (χ4v) is 3.43. The van der Waals surface area contributed by atoms with Gasteiger partial charge in [0.15, 0.2) is 0 Å². The first-order valence-electron chi connectivity index (χ1n) is 7.73. The predicted molar refractivity (Wildman–Crippen MR) is 102 cm³/mol. The first kappa shape index (κ1) is 22.5. The lowest BCUT2D eigenvalue weighted by Gasteiger charge is -2.20. The average Bonchev–Trinajstić information content (AvgIpc) is 2.56. The van der Waals surface area contributed by atoms with Gasteiger partial charge in [-0.15, -0.1) is 0 Å². The van der Waals surface area contributed by atoms with Crippen LogP contribution in [0.4, 0.5) is 18.9 Å². The minimum absolute atomic E-state index is 0.159. The van der Waals surface area contributed by atoms with E-state index in [0.29, 0.717) is 16.7 Å². The topological polar surface area (TPSA) is 66.5 Å². The zero-order valence-electron chi connectivity index (χ0n) is 14.4. The molecule has 1 amide bonds. The molecule has 2 aromatic carbocycles. The highest BCUT2D eigenvalue weighted by Gasteiger charge is 2.33. The molecule has 0 fully saturated rings. The van der Waals surface area contributed by atoms with Gasteiger partial charge in [0, 0.05) is 17.3 Å². The summed E-state index contributed by atoms with van der Waals surface area (Å²) >= 11 is 11.6. The molecule has 0 radical (unpaired) electrons. The maximum Gasteiger partial charge on any atom is 0.417 e. The molecule has 2 aromatic rings. The number of sulfonamides is 1. The van der Waals surface area contributed by atoms with E-state index in [1.165, 1.54) is 6.07 Å². The third-order valence-electron chi connectivity index (χ3n) is 3.65. The van der Waals surface area contributed by atoms with Gasteiger partial charge in [0.05, 0.1) is 23.4 Å². The number of hydrogen-bond donors (Lipinski definition) is 1. The van der Waals surface area contributed by atoms with Crippen LogP contribution in [0.2, 0.25) is 10.0 Å². The molecular formula is C17H15Cl2F3N2O3S. The smallest absolute Gasteiger partial charge is 0.325 e. The van der Waals surface area contributed by atoms with Crippen molar-refractivity contribution in [3.05, 3.63) is 63.6 Å². The molecule has 0 aliphatic heterocycles. The molecule has 2 rings (SSSR count). The van der Waals surface area contributed by atoms with Crippen molar-refractivity contribution in [2.75, 3.05) is 18.1 Å². The highest BCUT2D eigenvalue weighted by Crippen LogP contribution is 2.36. The summed E-state index contributed by atoms with van der Waals surface area (Å²) < 4.78 is 63.6. The third-order valence-corrected chi connectivity index (χ3v) is 5.54. The maximum absolute atomic E-state index is 12.9. The van der Waals surface area contributed by atoms with Crippen molar-refractivity contribution in [2.24, 2.45) is 0 Å². The van der Waals surface area contributed by atoms with E-state index in [4.69, 9.17) is 23.2 Å².